The molecule has 0 spiro atoms. The lowest BCUT2D eigenvalue weighted by molar-refractivity contribution is 0.102. The van der Waals surface area contributed by atoms with Gasteiger partial charge in [-0.25, -0.2) is 4.98 Å². The molecule has 1 heterocycles. The number of aliphatic hydroxyl groups is 1. The Bertz CT molecular complexity index is 384. The van der Waals surface area contributed by atoms with Crippen LogP contribution in [0.1, 0.15) is 42.0 Å². The van der Waals surface area contributed by atoms with E-state index in [0.717, 1.165) is 35.0 Å². The third kappa shape index (κ3) is 2.44. The van der Waals surface area contributed by atoms with Crippen LogP contribution >= 0.6 is 11.3 Å². The summed E-state index contributed by atoms with van der Waals surface area (Å²) in [4.78, 5) is 7.86. The fourth-order valence-corrected chi connectivity index (χ4v) is 3.47. The first-order chi connectivity index (χ1) is 7.37. The van der Waals surface area contributed by atoms with Gasteiger partial charge in [0.2, 0.25) is 0 Å². The monoisotopic (exact) mass is 240 g/mol. The number of rotatable bonds is 2. The maximum atomic E-state index is 10.1. The standard InChI is InChI=1S/C12H20N2OS/c1-12(2)5-8-11(9(15)6-12)16-10(13-8)7-14(3)4/h9,15H,5-7H2,1-4H3. The normalized spacial score (nSPS) is 23.5. The minimum Gasteiger partial charge on any atom is -0.387 e. The minimum absolute atomic E-state index is 0.176. The van der Waals surface area contributed by atoms with E-state index in [0.29, 0.717) is 0 Å². The van der Waals surface area contributed by atoms with Crippen molar-refractivity contribution in [3.63, 3.8) is 0 Å². The van der Waals surface area contributed by atoms with Gasteiger partial charge >= 0.3 is 0 Å². The average Bonchev–Trinajstić information content (AvgIpc) is 2.43. The van der Waals surface area contributed by atoms with Gasteiger partial charge in [-0.05, 0) is 32.4 Å². The fourth-order valence-electron chi connectivity index (χ4n) is 2.28. The largest absolute Gasteiger partial charge is 0.387 e. The van der Waals surface area contributed by atoms with Gasteiger partial charge in [0.15, 0.2) is 0 Å². The van der Waals surface area contributed by atoms with Gasteiger partial charge in [-0.15, -0.1) is 11.3 Å². The first-order valence-electron chi connectivity index (χ1n) is 5.69. The first kappa shape index (κ1) is 12.0. The van der Waals surface area contributed by atoms with E-state index in [9.17, 15) is 5.11 Å². The number of hydrogen-bond donors (Lipinski definition) is 1. The summed E-state index contributed by atoms with van der Waals surface area (Å²) >= 11 is 1.67. The maximum absolute atomic E-state index is 10.1. The molecular weight excluding hydrogens is 220 g/mol. The zero-order chi connectivity index (χ0) is 11.9. The zero-order valence-corrected chi connectivity index (χ0v) is 11.3. The van der Waals surface area contributed by atoms with E-state index in [2.05, 4.69) is 23.7 Å². The molecule has 1 N–H and O–H groups in total. The van der Waals surface area contributed by atoms with E-state index in [1.807, 2.05) is 14.1 Å². The van der Waals surface area contributed by atoms with Gasteiger partial charge in [0.05, 0.1) is 16.7 Å². The molecular formula is C12H20N2OS. The summed E-state index contributed by atoms with van der Waals surface area (Å²) in [6, 6.07) is 0. The minimum atomic E-state index is -0.313. The molecule has 1 unspecified atom stereocenters. The van der Waals surface area contributed by atoms with Crippen molar-refractivity contribution in [3.05, 3.63) is 15.6 Å². The summed E-state index contributed by atoms with van der Waals surface area (Å²) in [5.74, 6) is 0. The molecule has 0 aliphatic heterocycles. The van der Waals surface area contributed by atoms with Crippen LogP contribution in [0.2, 0.25) is 0 Å². The Morgan fingerprint density at radius 3 is 2.81 bits per heavy atom. The van der Waals surface area contributed by atoms with Gasteiger partial charge in [0.25, 0.3) is 0 Å². The van der Waals surface area contributed by atoms with Crippen molar-refractivity contribution < 1.29 is 5.11 Å². The second-order valence-corrected chi connectivity index (χ2v) is 6.83. The van der Waals surface area contributed by atoms with E-state index >= 15 is 0 Å². The van der Waals surface area contributed by atoms with Crippen molar-refractivity contribution in [2.45, 2.75) is 39.3 Å². The summed E-state index contributed by atoms with van der Waals surface area (Å²) in [5, 5.41) is 11.2. The van der Waals surface area contributed by atoms with Crippen LogP contribution in [0.25, 0.3) is 0 Å². The first-order valence-corrected chi connectivity index (χ1v) is 6.50. The van der Waals surface area contributed by atoms with E-state index in [1.54, 1.807) is 11.3 Å². The van der Waals surface area contributed by atoms with Crippen molar-refractivity contribution >= 4 is 11.3 Å². The van der Waals surface area contributed by atoms with E-state index in [-0.39, 0.29) is 11.5 Å². The summed E-state index contributed by atoms with van der Waals surface area (Å²) < 4.78 is 0. The molecule has 1 aliphatic carbocycles. The van der Waals surface area contributed by atoms with Crippen LogP contribution in [-0.2, 0) is 13.0 Å². The maximum Gasteiger partial charge on any atom is 0.107 e. The van der Waals surface area contributed by atoms with Gasteiger partial charge in [0, 0.05) is 6.54 Å². The third-order valence-electron chi connectivity index (χ3n) is 2.92. The quantitative estimate of drug-likeness (QED) is 0.861. The lowest BCUT2D eigenvalue weighted by Crippen LogP contribution is -2.24. The second kappa shape index (κ2) is 4.09. The Labute approximate surface area is 101 Å². The Morgan fingerprint density at radius 2 is 2.19 bits per heavy atom. The van der Waals surface area contributed by atoms with E-state index in [4.69, 9.17) is 0 Å². The molecule has 1 atom stereocenters. The number of thiazole rings is 1. The van der Waals surface area contributed by atoms with Gasteiger partial charge in [-0.3, -0.25) is 0 Å². The molecule has 16 heavy (non-hydrogen) atoms. The highest BCUT2D eigenvalue weighted by Crippen LogP contribution is 2.42. The molecule has 0 aromatic carbocycles. The molecule has 2 rings (SSSR count). The number of hydrogen-bond acceptors (Lipinski definition) is 4. The summed E-state index contributed by atoms with van der Waals surface area (Å²) in [7, 11) is 4.08. The van der Waals surface area contributed by atoms with E-state index < -0.39 is 0 Å². The highest BCUT2D eigenvalue weighted by Gasteiger charge is 2.33. The molecule has 1 aliphatic rings. The Morgan fingerprint density at radius 1 is 1.50 bits per heavy atom. The number of nitrogens with zero attached hydrogens (tertiary/aromatic N) is 2. The van der Waals surface area contributed by atoms with Gasteiger partial charge < -0.3 is 10.0 Å². The fraction of sp³-hybridized carbons (Fsp3) is 0.750. The van der Waals surface area contributed by atoms with Gasteiger partial charge in [-0.1, -0.05) is 13.8 Å². The molecule has 1 aromatic heterocycles. The predicted octanol–water partition coefficient (Wildman–Crippen LogP) is 2.21. The van der Waals surface area contributed by atoms with Crippen molar-refractivity contribution in [2.24, 2.45) is 5.41 Å². The third-order valence-corrected chi connectivity index (χ3v) is 4.10. The molecule has 4 heteroatoms. The van der Waals surface area contributed by atoms with Crippen LogP contribution in [-0.4, -0.2) is 29.1 Å². The summed E-state index contributed by atoms with van der Waals surface area (Å²) in [6.45, 7) is 5.26. The summed E-state index contributed by atoms with van der Waals surface area (Å²) in [5.41, 5.74) is 1.29. The SMILES string of the molecule is CN(C)Cc1nc2c(s1)C(O)CC(C)(C)C2. The molecule has 3 nitrogen and oxygen atoms in total. The van der Waals surface area contributed by atoms with E-state index in [1.165, 1.54) is 0 Å². The number of aliphatic hydroxyl groups excluding tert-OH is 1. The molecule has 0 saturated heterocycles. The zero-order valence-electron chi connectivity index (χ0n) is 10.4. The molecule has 0 amide bonds. The lowest BCUT2D eigenvalue weighted by atomic mass is 9.77. The molecule has 0 radical (unpaired) electrons. The highest BCUT2D eigenvalue weighted by molar-refractivity contribution is 7.11. The average molecular weight is 240 g/mol. The van der Waals surface area contributed by atoms with Crippen LogP contribution in [0, 0.1) is 5.41 Å². The molecule has 0 saturated carbocycles. The Hall–Kier alpha value is -0.450. The van der Waals surface area contributed by atoms with Crippen LogP contribution in [0.4, 0.5) is 0 Å². The Kier molecular flexibility index (Phi) is 3.07. The van der Waals surface area contributed by atoms with Crippen molar-refractivity contribution in [1.82, 2.24) is 9.88 Å². The van der Waals surface area contributed by atoms with Crippen LogP contribution in [0.5, 0.6) is 0 Å². The summed E-state index contributed by atoms with van der Waals surface area (Å²) in [6.07, 6.45) is 1.53. The van der Waals surface area contributed by atoms with Gasteiger partial charge in [0.1, 0.15) is 5.01 Å². The lowest BCUT2D eigenvalue weighted by Gasteiger charge is -2.31. The predicted molar refractivity (Wildman–Crippen MR) is 66.6 cm³/mol. The van der Waals surface area contributed by atoms with Crippen molar-refractivity contribution in [2.75, 3.05) is 14.1 Å². The van der Waals surface area contributed by atoms with Crippen LogP contribution in [0.3, 0.4) is 0 Å². The van der Waals surface area contributed by atoms with Crippen LogP contribution < -0.4 is 0 Å². The topological polar surface area (TPSA) is 36.4 Å². The number of fused-ring (bicyclic) bond motifs is 1. The smallest absolute Gasteiger partial charge is 0.107 e. The second-order valence-electron chi connectivity index (χ2n) is 5.72. The molecule has 0 fully saturated rings. The van der Waals surface area contributed by atoms with Gasteiger partial charge in [-0.2, -0.15) is 0 Å². The molecule has 90 valence electrons. The highest BCUT2D eigenvalue weighted by atomic mass is 32.1. The van der Waals surface area contributed by atoms with Crippen LogP contribution in [0.15, 0.2) is 0 Å². The molecule has 0 bridgehead atoms. The Balaban J connectivity index is 2.27. The van der Waals surface area contributed by atoms with Crippen molar-refractivity contribution in [3.8, 4) is 0 Å². The molecule has 1 aromatic rings. The van der Waals surface area contributed by atoms with Crippen molar-refractivity contribution in [1.29, 1.82) is 0 Å². The number of aromatic nitrogens is 1.